The molecule has 2 rings (SSSR count). The van der Waals surface area contributed by atoms with Crippen molar-refractivity contribution in [1.29, 1.82) is 0 Å². The van der Waals surface area contributed by atoms with Gasteiger partial charge in [0.15, 0.2) is 0 Å². The van der Waals surface area contributed by atoms with Gasteiger partial charge in [-0.15, -0.1) is 11.8 Å². The largest absolute Gasteiger partial charge is 0.478 e. The van der Waals surface area contributed by atoms with Gasteiger partial charge in [0.05, 0.1) is 5.56 Å². The van der Waals surface area contributed by atoms with Crippen LogP contribution < -0.4 is 0 Å². The fourth-order valence-electron chi connectivity index (χ4n) is 1.72. The van der Waals surface area contributed by atoms with Gasteiger partial charge in [-0.1, -0.05) is 46.3 Å². The maximum absolute atomic E-state index is 11.1. The predicted molar refractivity (Wildman–Crippen MR) is 82.0 cm³/mol. The minimum absolute atomic E-state index is 0.362. The van der Waals surface area contributed by atoms with E-state index in [0.29, 0.717) is 5.56 Å². The van der Waals surface area contributed by atoms with Gasteiger partial charge in [0.1, 0.15) is 0 Å². The molecular formula is C15H13BrO2S. The van der Waals surface area contributed by atoms with Gasteiger partial charge >= 0.3 is 5.97 Å². The zero-order valence-electron chi connectivity index (χ0n) is 10.2. The van der Waals surface area contributed by atoms with Crippen LogP contribution in [0.3, 0.4) is 0 Å². The first-order chi connectivity index (χ1) is 9.16. The molecule has 0 saturated carbocycles. The van der Waals surface area contributed by atoms with Gasteiger partial charge in [-0.3, -0.25) is 0 Å². The Morgan fingerprint density at radius 3 is 2.58 bits per heavy atom. The van der Waals surface area contributed by atoms with E-state index in [9.17, 15) is 4.79 Å². The fourth-order valence-corrected chi connectivity index (χ4v) is 3.31. The molecule has 0 saturated heterocycles. The molecule has 0 unspecified atom stereocenters. The van der Waals surface area contributed by atoms with Crippen molar-refractivity contribution in [3.05, 3.63) is 64.1 Å². The zero-order chi connectivity index (χ0) is 13.7. The van der Waals surface area contributed by atoms with Gasteiger partial charge in [-0.2, -0.15) is 0 Å². The van der Waals surface area contributed by atoms with Gasteiger partial charge in [-0.25, -0.2) is 4.79 Å². The first kappa shape index (κ1) is 14.2. The lowest BCUT2D eigenvalue weighted by Gasteiger charge is -2.06. The average Bonchev–Trinajstić information content (AvgIpc) is 2.39. The number of carboxylic acid groups (broad SMARTS) is 1. The van der Waals surface area contributed by atoms with E-state index in [1.54, 1.807) is 23.9 Å². The van der Waals surface area contributed by atoms with Crippen LogP contribution in [0.2, 0.25) is 0 Å². The van der Waals surface area contributed by atoms with Crippen LogP contribution in [0, 0.1) is 0 Å². The summed E-state index contributed by atoms with van der Waals surface area (Å²) in [6.45, 7) is 0. The number of hydrogen-bond donors (Lipinski definition) is 1. The number of halogens is 1. The first-order valence-electron chi connectivity index (χ1n) is 5.86. The van der Waals surface area contributed by atoms with Crippen molar-refractivity contribution in [2.75, 3.05) is 5.75 Å². The number of carbonyl (C=O) groups is 1. The van der Waals surface area contributed by atoms with Crippen LogP contribution in [-0.2, 0) is 6.42 Å². The molecule has 4 heteroatoms. The lowest BCUT2D eigenvalue weighted by molar-refractivity contribution is 0.0693. The second-order valence-electron chi connectivity index (χ2n) is 4.03. The minimum atomic E-state index is -0.880. The first-order valence-corrected chi connectivity index (χ1v) is 7.64. The lowest BCUT2D eigenvalue weighted by atomic mass is 10.2. The molecule has 0 aliphatic carbocycles. The molecule has 19 heavy (non-hydrogen) atoms. The summed E-state index contributed by atoms with van der Waals surface area (Å²) in [6.07, 6.45) is 0.928. The summed E-state index contributed by atoms with van der Waals surface area (Å²) in [5, 5.41) is 9.14. The van der Waals surface area contributed by atoms with E-state index >= 15 is 0 Å². The molecule has 0 amide bonds. The maximum atomic E-state index is 11.1. The Labute approximate surface area is 125 Å². The predicted octanol–water partition coefficient (Wildman–Crippen LogP) is 4.48. The number of carboxylic acids is 1. The van der Waals surface area contributed by atoms with Crippen LogP contribution in [0.4, 0.5) is 0 Å². The highest BCUT2D eigenvalue weighted by Gasteiger charge is 2.10. The molecular weight excluding hydrogens is 324 g/mol. The Morgan fingerprint density at radius 2 is 1.89 bits per heavy atom. The van der Waals surface area contributed by atoms with Crippen molar-refractivity contribution in [3.63, 3.8) is 0 Å². The molecule has 1 N–H and O–H groups in total. The molecule has 2 aromatic rings. The van der Waals surface area contributed by atoms with Gasteiger partial charge in [0, 0.05) is 15.1 Å². The number of aryl methyl sites for hydroxylation is 1. The third-order valence-electron chi connectivity index (χ3n) is 2.67. The molecule has 0 aromatic heterocycles. The van der Waals surface area contributed by atoms with E-state index in [1.807, 2.05) is 24.3 Å². The van der Waals surface area contributed by atoms with Crippen molar-refractivity contribution < 1.29 is 9.90 Å². The van der Waals surface area contributed by atoms with Crippen LogP contribution in [0.25, 0.3) is 0 Å². The van der Waals surface area contributed by atoms with Gasteiger partial charge in [0.2, 0.25) is 0 Å². The second-order valence-corrected chi connectivity index (χ2v) is 6.08. The summed E-state index contributed by atoms with van der Waals surface area (Å²) < 4.78 is 0.903. The van der Waals surface area contributed by atoms with Crippen molar-refractivity contribution >= 4 is 33.7 Å². The highest BCUT2D eigenvalue weighted by atomic mass is 79.9. The Balaban J connectivity index is 2.03. The molecule has 0 heterocycles. The summed E-state index contributed by atoms with van der Waals surface area (Å²) in [6, 6.07) is 15.4. The third-order valence-corrected chi connectivity index (χ3v) is 4.22. The van der Waals surface area contributed by atoms with Crippen LogP contribution in [0.15, 0.2) is 57.9 Å². The van der Waals surface area contributed by atoms with E-state index in [2.05, 4.69) is 28.1 Å². The third kappa shape index (κ3) is 4.11. The van der Waals surface area contributed by atoms with E-state index in [4.69, 9.17) is 5.11 Å². The van der Waals surface area contributed by atoms with E-state index in [0.717, 1.165) is 21.5 Å². The Kier molecular flexibility index (Phi) is 5.05. The summed E-state index contributed by atoms with van der Waals surface area (Å²) >= 11 is 4.95. The Bertz CT molecular complexity index is 570. The summed E-state index contributed by atoms with van der Waals surface area (Å²) in [5.74, 6) is -0.0180. The van der Waals surface area contributed by atoms with Crippen molar-refractivity contribution in [3.8, 4) is 0 Å². The monoisotopic (exact) mass is 336 g/mol. The van der Waals surface area contributed by atoms with Crippen LogP contribution in [0.1, 0.15) is 15.9 Å². The van der Waals surface area contributed by atoms with Crippen molar-refractivity contribution in [2.24, 2.45) is 0 Å². The fraction of sp³-hybridized carbons (Fsp3) is 0.133. The number of rotatable bonds is 5. The molecule has 0 bridgehead atoms. The SMILES string of the molecule is O=C(O)c1ccc(Br)cc1SCCc1ccccc1. The summed E-state index contributed by atoms with van der Waals surface area (Å²) in [4.78, 5) is 11.9. The molecule has 0 fully saturated rings. The van der Waals surface area contributed by atoms with E-state index in [1.165, 1.54) is 5.56 Å². The van der Waals surface area contributed by atoms with Crippen LogP contribution in [0.5, 0.6) is 0 Å². The van der Waals surface area contributed by atoms with Crippen molar-refractivity contribution in [1.82, 2.24) is 0 Å². The highest BCUT2D eigenvalue weighted by Crippen LogP contribution is 2.27. The van der Waals surface area contributed by atoms with Gasteiger partial charge < -0.3 is 5.11 Å². The van der Waals surface area contributed by atoms with Gasteiger partial charge in [-0.05, 0) is 30.2 Å². The Hall–Kier alpha value is -1.26. The number of aromatic carboxylic acids is 1. The highest BCUT2D eigenvalue weighted by molar-refractivity contribution is 9.10. The summed E-state index contributed by atoms with van der Waals surface area (Å²) in [5.41, 5.74) is 1.63. The molecule has 0 radical (unpaired) electrons. The molecule has 0 atom stereocenters. The smallest absolute Gasteiger partial charge is 0.336 e. The lowest BCUT2D eigenvalue weighted by Crippen LogP contribution is -1.99. The zero-order valence-corrected chi connectivity index (χ0v) is 12.6. The standard InChI is InChI=1S/C15H13BrO2S/c16-12-6-7-13(15(17)18)14(10-12)19-9-8-11-4-2-1-3-5-11/h1-7,10H,8-9H2,(H,17,18). The molecule has 0 aliphatic heterocycles. The molecule has 98 valence electrons. The number of benzene rings is 2. The minimum Gasteiger partial charge on any atom is -0.478 e. The van der Waals surface area contributed by atoms with Gasteiger partial charge in [0.25, 0.3) is 0 Å². The topological polar surface area (TPSA) is 37.3 Å². The normalized spacial score (nSPS) is 10.4. The van der Waals surface area contributed by atoms with E-state index in [-0.39, 0.29) is 0 Å². The van der Waals surface area contributed by atoms with E-state index < -0.39 is 5.97 Å². The molecule has 2 aromatic carbocycles. The molecule has 2 nitrogen and oxygen atoms in total. The van der Waals surface area contributed by atoms with Crippen LogP contribution in [-0.4, -0.2) is 16.8 Å². The molecule has 0 aliphatic rings. The quantitative estimate of drug-likeness (QED) is 0.818. The Morgan fingerprint density at radius 1 is 1.16 bits per heavy atom. The molecule has 0 spiro atoms. The number of thioether (sulfide) groups is 1. The van der Waals surface area contributed by atoms with Crippen molar-refractivity contribution in [2.45, 2.75) is 11.3 Å². The maximum Gasteiger partial charge on any atom is 0.336 e. The second kappa shape index (κ2) is 6.78. The summed E-state index contributed by atoms with van der Waals surface area (Å²) in [7, 11) is 0. The van der Waals surface area contributed by atoms with Crippen LogP contribution >= 0.6 is 27.7 Å². The average molecular weight is 337 g/mol. The number of hydrogen-bond acceptors (Lipinski definition) is 2.